The summed E-state index contributed by atoms with van der Waals surface area (Å²) in [6.07, 6.45) is 6.50. The molecule has 0 aliphatic rings. The van der Waals surface area contributed by atoms with E-state index in [2.05, 4.69) is 54.6 Å². The summed E-state index contributed by atoms with van der Waals surface area (Å²) in [4.78, 5) is 0.902. The van der Waals surface area contributed by atoms with Crippen LogP contribution in [0.2, 0.25) is 0 Å². The summed E-state index contributed by atoms with van der Waals surface area (Å²) in [5, 5.41) is 3.68. The highest BCUT2D eigenvalue weighted by Crippen LogP contribution is 2.61. The minimum Gasteiger partial charge on any atom is -0.358 e. The molecule has 1 nitrogen and oxygen atoms in total. The summed E-state index contributed by atoms with van der Waals surface area (Å²) in [5.41, 5.74) is 0. The summed E-state index contributed by atoms with van der Waals surface area (Å²) >= 11 is 0. The number of rotatable bonds is 4. The lowest BCUT2D eigenvalue weighted by atomic mass is 10.3. The molecule has 0 spiro atoms. The zero-order valence-corrected chi connectivity index (χ0v) is 16.6. The van der Waals surface area contributed by atoms with Crippen molar-refractivity contribution < 1.29 is 4.55 Å². The van der Waals surface area contributed by atoms with Gasteiger partial charge in [-0.15, -0.1) is 10.2 Å². The van der Waals surface area contributed by atoms with E-state index in [4.69, 9.17) is 6.26 Å². The molecule has 0 fully saturated rings. The molecule has 130 valence electrons. The molecular formula is C22H24OPS-. The van der Waals surface area contributed by atoms with Gasteiger partial charge in [0.2, 0.25) is 0 Å². The molecule has 3 aromatic rings. The summed E-state index contributed by atoms with van der Waals surface area (Å²) in [6, 6.07) is 27.1. The van der Waals surface area contributed by atoms with Gasteiger partial charge in [0, 0.05) is 11.0 Å². The predicted molar refractivity (Wildman–Crippen MR) is 113 cm³/mol. The summed E-state index contributed by atoms with van der Waals surface area (Å²) in [5.74, 6) is 0. The maximum absolute atomic E-state index is 11.2. The Morgan fingerprint density at radius 2 is 1.36 bits per heavy atom. The van der Waals surface area contributed by atoms with Crippen LogP contribution in [0.25, 0.3) is 0 Å². The van der Waals surface area contributed by atoms with Crippen molar-refractivity contribution in [2.75, 3.05) is 0 Å². The predicted octanol–water partition coefficient (Wildman–Crippen LogP) is 5.27. The van der Waals surface area contributed by atoms with E-state index in [9.17, 15) is 4.55 Å². The van der Waals surface area contributed by atoms with Gasteiger partial charge in [-0.25, -0.2) is 0 Å². The quantitative estimate of drug-likeness (QED) is 0.492. The summed E-state index contributed by atoms with van der Waals surface area (Å²) in [6.45, 7) is 6.02. The molecule has 0 heterocycles. The second kappa shape index (κ2) is 7.03. The third-order valence-corrected chi connectivity index (χ3v) is 9.84. The first kappa shape index (κ1) is 18.3. The first-order valence-corrected chi connectivity index (χ1v) is 11.3. The molecule has 1 atom stereocenters. The highest BCUT2D eigenvalue weighted by atomic mass is 32.3. The fraction of sp³-hybridized carbons (Fsp3) is 0.182. The van der Waals surface area contributed by atoms with Crippen LogP contribution in [0.15, 0.2) is 83.8 Å². The molecule has 2 radical (unpaired) electrons. The lowest BCUT2D eigenvalue weighted by molar-refractivity contribution is 0.589. The molecule has 3 aromatic carbocycles. The topological polar surface area (TPSA) is 20.2 Å². The Balaban J connectivity index is 2.19. The van der Waals surface area contributed by atoms with E-state index in [1.54, 1.807) is 0 Å². The van der Waals surface area contributed by atoms with Gasteiger partial charge in [0.15, 0.2) is 0 Å². The largest absolute Gasteiger partial charge is 0.358 e. The molecule has 0 saturated carbocycles. The van der Waals surface area contributed by atoms with Crippen molar-refractivity contribution >= 4 is 34.1 Å². The van der Waals surface area contributed by atoms with Crippen LogP contribution in [0, 0.1) is 6.26 Å². The zero-order chi connectivity index (χ0) is 18.1. The van der Waals surface area contributed by atoms with E-state index < -0.39 is 18.2 Å². The van der Waals surface area contributed by atoms with E-state index in [0.717, 1.165) is 10.2 Å². The fourth-order valence-corrected chi connectivity index (χ4v) is 7.10. The van der Waals surface area contributed by atoms with Crippen molar-refractivity contribution in [2.45, 2.75) is 30.4 Å². The normalized spacial score (nSPS) is 15.8. The molecule has 1 unspecified atom stereocenters. The van der Waals surface area contributed by atoms with Gasteiger partial charge in [-0.3, -0.25) is 0 Å². The van der Waals surface area contributed by atoms with Gasteiger partial charge < -0.3 is 4.55 Å². The Morgan fingerprint density at radius 1 is 0.880 bits per heavy atom. The van der Waals surface area contributed by atoms with E-state index in [1.807, 2.05) is 45.0 Å². The van der Waals surface area contributed by atoms with Gasteiger partial charge in [0.05, 0.1) is 0 Å². The zero-order valence-electron chi connectivity index (χ0n) is 14.9. The summed E-state index contributed by atoms with van der Waals surface area (Å²) in [7, 11) is -3.17. The Morgan fingerprint density at radius 3 is 1.80 bits per heavy atom. The van der Waals surface area contributed by atoms with Gasteiger partial charge in [-0.05, 0) is 18.5 Å². The molecule has 1 N–H and O–H groups in total. The molecule has 0 saturated heterocycles. The van der Waals surface area contributed by atoms with Crippen LogP contribution in [0.5, 0.6) is 0 Å². The summed E-state index contributed by atoms with van der Waals surface area (Å²) < 4.78 is 10.8. The lowest BCUT2D eigenvalue weighted by Gasteiger charge is -2.48. The van der Waals surface area contributed by atoms with Crippen molar-refractivity contribution in [3.8, 4) is 0 Å². The van der Waals surface area contributed by atoms with Crippen molar-refractivity contribution in [3.05, 3.63) is 85.1 Å². The fourth-order valence-electron chi connectivity index (χ4n) is 2.75. The number of benzene rings is 2. The first-order valence-electron chi connectivity index (χ1n) is 8.31. The Hall–Kier alpha value is -1.47. The molecule has 0 aliphatic carbocycles. The maximum atomic E-state index is 11.2. The van der Waals surface area contributed by atoms with Crippen LogP contribution in [0.1, 0.15) is 20.8 Å². The molecule has 0 aromatic heterocycles. The molecule has 25 heavy (non-hydrogen) atoms. The van der Waals surface area contributed by atoms with Crippen molar-refractivity contribution in [1.29, 1.82) is 0 Å². The Bertz CT molecular complexity index is 776. The van der Waals surface area contributed by atoms with Crippen LogP contribution < -0.4 is 15.9 Å². The third kappa shape index (κ3) is 3.58. The van der Waals surface area contributed by atoms with Gasteiger partial charge in [-0.1, -0.05) is 81.4 Å². The average Bonchev–Trinajstić information content (AvgIpc) is 3.06. The highest BCUT2D eigenvalue weighted by Gasteiger charge is 2.31. The van der Waals surface area contributed by atoms with E-state index >= 15 is 0 Å². The molecule has 3 heteroatoms. The molecule has 3 rings (SSSR count). The van der Waals surface area contributed by atoms with Crippen LogP contribution in [0.3, 0.4) is 0 Å². The number of hydrogen-bond acceptors (Lipinski definition) is 1. The minimum absolute atomic E-state index is 0.384. The van der Waals surface area contributed by atoms with E-state index in [1.165, 1.54) is 10.6 Å². The van der Waals surface area contributed by atoms with Crippen LogP contribution in [-0.4, -0.2) is 9.30 Å². The smallest absolute Gasteiger partial charge is 0.0294 e. The van der Waals surface area contributed by atoms with Crippen LogP contribution in [0.4, 0.5) is 0 Å². The van der Waals surface area contributed by atoms with E-state index in [0.29, 0.717) is 0 Å². The number of hydrogen-bond donors (Lipinski definition) is 1. The molecular weight excluding hydrogens is 343 g/mol. The Kier molecular flexibility index (Phi) is 5.16. The second-order valence-corrected chi connectivity index (χ2v) is 12.1. The second-order valence-electron chi connectivity index (χ2n) is 7.02. The Labute approximate surface area is 154 Å². The van der Waals surface area contributed by atoms with Crippen LogP contribution >= 0.6 is 18.2 Å². The SMILES string of the molecule is [CH]S(O)(c1cc[cH-]c1P(c1ccccc1)c1ccccc1)C(C)(C)C. The first-order chi connectivity index (χ1) is 11.8. The van der Waals surface area contributed by atoms with Gasteiger partial charge in [0.1, 0.15) is 0 Å². The van der Waals surface area contributed by atoms with Crippen molar-refractivity contribution in [3.63, 3.8) is 0 Å². The third-order valence-electron chi connectivity index (χ3n) is 4.29. The standard InChI is InChI=1S/C22H24OPS/c1-22(2,3)25(4,23)21-17-11-16-20(21)24(18-12-7-5-8-13-18)19-14-9-6-10-15-19/h4-17,23H,1-3H3/q-1. The van der Waals surface area contributed by atoms with Crippen molar-refractivity contribution in [1.82, 2.24) is 0 Å². The van der Waals surface area contributed by atoms with Crippen LogP contribution in [-0.2, 0) is 0 Å². The van der Waals surface area contributed by atoms with Gasteiger partial charge in [-0.2, -0.15) is 28.5 Å². The van der Waals surface area contributed by atoms with E-state index in [-0.39, 0.29) is 4.75 Å². The molecule has 0 amide bonds. The van der Waals surface area contributed by atoms with Gasteiger partial charge >= 0.3 is 0 Å². The van der Waals surface area contributed by atoms with Gasteiger partial charge in [0.25, 0.3) is 0 Å². The highest BCUT2D eigenvalue weighted by molar-refractivity contribution is 8.31. The lowest BCUT2D eigenvalue weighted by Crippen LogP contribution is -2.28. The van der Waals surface area contributed by atoms with Crippen molar-refractivity contribution in [2.24, 2.45) is 0 Å². The molecule has 0 aliphatic heterocycles. The monoisotopic (exact) mass is 367 g/mol. The minimum atomic E-state index is -2.41. The average molecular weight is 367 g/mol. The molecule has 0 bridgehead atoms. The maximum Gasteiger partial charge on any atom is 0.0294 e.